The van der Waals surface area contributed by atoms with E-state index in [0.717, 1.165) is 12.8 Å². The number of rotatable bonds is 9. The molecular weight excluding hydrogens is 290 g/mol. The Morgan fingerprint density at radius 3 is 2.23 bits per heavy atom. The first-order valence-electron chi connectivity index (χ1n) is 7.17. The van der Waals surface area contributed by atoms with Gasteiger partial charge in [-0.05, 0) is 12.8 Å². The van der Waals surface area contributed by atoms with E-state index in [-0.39, 0.29) is 17.9 Å². The molecule has 0 saturated carbocycles. The van der Waals surface area contributed by atoms with Gasteiger partial charge in [0, 0.05) is 17.7 Å². The minimum atomic E-state index is -0.532. The monoisotopic (exact) mass is 311 g/mol. The lowest BCUT2D eigenvalue weighted by atomic mass is 10.1. The highest BCUT2D eigenvalue weighted by Gasteiger charge is 2.22. The van der Waals surface area contributed by atoms with Crippen LogP contribution in [0.15, 0.2) is 12.1 Å². The molecule has 0 aliphatic heterocycles. The summed E-state index contributed by atoms with van der Waals surface area (Å²) in [4.78, 5) is 22.1. The molecule has 0 N–H and O–H groups in total. The van der Waals surface area contributed by atoms with E-state index in [9.17, 15) is 14.9 Å². The van der Waals surface area contributed by atoms with Crippen molar-refractivity contribution in [2.24, 2.45) is 0 Å². The maximum Gasteiger partial charge on any atom is 0.311 e. The van der Waals surface area contributed by atoms with Crippen molar-refractivity contribution < 1.29 is 23.9 Å². The van der Waals surface area contributed by atoms with Gasteiger partial charge in [-0.15, -0.1) is 0 Å². The SMILES string of the molecule is CCCOc1cc(OCCC)c([N+](=O)[O-])cc1CC(=O)OC. The van der Waals surface area contributed by atoms with E-state index in [1.165, 1.54) is 19.2 Å². The van der Waals surface area contributed by atoms with Crippen LogP contribution in [0.2, 0.25) is 0 Å². The van der Waals surface area contributed by atoms with Gasteiger partial charge in [0.1, 0.15) is 5.75 Å². The lowest BCUT2D eigenvalue weighted by Gasteiger charge is -2.13. The van der Waals surface area contributed by atoms with E-state index in [2.05, 4.69) is 4.74 Å². The Bertz CT molecular complexity index is 529. The molecule has 22 heavy (non-hydrogen) atoms. The Labute approximate surface area is 129 Å². The molecule has 122 valence electrons. The van der Waals surface area contributed by atoms with Gasteiger partial charge in [-0.1, -0.05) is 13.8 Å². The zero-order valence-corrected chi connectivity index (χ0v) is 13.1. The van der Waals surface area contributed by atoms with Crippen LogP contribution in [0.25, 0.3) is 0 Å². The number of esters is 1. The molecule has 0 aromatic heterocycles. The molecule has 0 fully saturated rings. The first kappa shape index (κ1) is 17.7. The Kier molecular flexibility index (Phi) is 7.15. The molecule has 0 spiro atoms. The molecule has 0 aliphatic rings. The summed E-state index contributed by atoms with van der Waals surface area (Å²) in [5, 5.41) is 11.2. The summed E-state index contributed by atoms with van der Waals surface area (Å²) < 4.78 is 15.6. The lowest BCUT2D eigenvalue weighted by molar-refractivity contribution is -0.385. The van der Waals surface area contributed by atoms with Gasteiger partial charge >= 0.3 is 11.7 Å². The van der Waals surface area contributed by atoms with Crippen molar-refractivity contribution in [3.05, 3.63) is 27.8 Å². The number of ether oxygens (including phenoxy) is 3. The largest absolute Gasteiger partial charge is 0.493 e. The van der Waals surface area contributed by atoms with E-state index in [1.54, 1.807) is 0 Å². The minimum Gasteiger partial charge on any atom is -0.493 e. The predicted molar refractivity (Wildman–Crippen MR) is 80.4 cm³/mol. The number of methoxy groups -OCH3 is 1. The third-order valence-corrected chi connectivity index (χ3v) is 2.82. The van der Waals surface area contributed by atoms with Crippen LogP contribution in [-0.4, -0.2) is 31.2 Å². The van der Waals surface area contributed by atoms with Crippen molar-refractivity contribution in [3.63, 3.8) is 0 Å². The third kappa shape index (κ3) is 4.91. The Morgan fingerprint density at radius 1 is 1.14 bits per heavy atom. The molecule has 0 radical (unpaired) electrons. The number of nitro benzene ring substituents is 1. The second-order valence-electron chi connectivity index (χ2n) is 4.63. The van der Waals surface area contributed by atoms with Gasteiger partial charge in [-0.3, -0.25) is 14.9 Å². The number of benzene rings is 1. The van der Waals surface area contributed by atoms with Crippen LogP contribution in [-0.2, 0) is 16.0 Å². The second kappa shape index (κ2) is 8.86. The van der Waals surface area contributed by atoms with Crippen LogP contribution < -0.4 is 9.47 Å². The summed E-state index contributed by atoms with van der Waals surface area (Å²) in [5.74, 6) is 0.0633. The van der Waals surface area contributed by atoms with E-state index in [1.807, 2.05) is 13.8 Å². The molecule has 1 aromatic rings. The average molecular weight is 311 g/mol. The van der Waals surface area contributed by atoms with E-state index in [4.69, 9.17) is 9.47 Å². The predicted octanol–water partition coefficient (Wildman–Crippen LogP) is 2.89. The molecule has 0 bridgehead atoms. The Morgan fingerprint density at radius 2 is 1.73 bits per heavy atom. The number of hydrogen-bond donors (Lipinski definition) is 0. The number of nitrogens with zero attached hydrogens (tertiary/aromatic N) is 1. The van der Waals surface area contributed by atoms with Gasteiger partial charge in [-0.25, -0.2) is 0 Å². The number of hydrogen-bond acceptors (Lipinski definition) is 6. The lowest BCUT2D eigenvalue weighted by Crippen LogP contribution is -2.09. The van der Waals surface area contributed by atoms with Crippen molar-refractivity contribution in [3.8, 4) is 11.5 Å². The van der Waals surface area contributed by atoms with E-state index < -0.39 is 10.9 Å². The maximum absolute atomic E-state index is 11.5. The molecule has 0 aliphatic carbocycles. The van der Waals surface area contributed by atoms with Crippen molar-refractivity contribution in [1.29, 1.82) is 0 Å². The first-order chi connectivity index (χ1) is 10.5. The minimum absolute atomic E-state index is 0.0928. The fourth-order valence-electron chi connectivity index (χ4n) is 1.78. The van der Waals surface area contributed by atoms with Crippen molar-refractivity contribution in [2.75, 3.05) is 20.3 Å². The molecule has 0 atom stereocenters. The van der Waals surface area contributed by atoms with E-state index >= 15 is 0 Å². The summed E-state index contributed by atoms with van der Waals surface area (Å²) >= 11 is 0. The number of carbonyl (C=O) groups excluding carboxylic acids is 1. The van der Waals surface area contributed by atoms with Crippen LogP contribution in [0.4, 0.5) is 5.69 Å². The summed E-state index contributed by atoms with van der Waals surface area (Å²) in [5.41, 5.74) is 0.229. The standard InChI is InChI=1S/C15H21NO6/c1-4-6-21-13-10-14(22-7-5-2)12(16(18)19)8-11(13)9-15(17)20-3/h8,10H,4-7,9H2,1-3H3. The zero-order valence-electron chi connectivity index (χ0n) is 13.1. The summed E-state index contributed by atoms with van der Waals surface area (Å²) in [6, 6.07) is 2.79. The molecule has 1 rings (SSSR count). The average Bonchev–Trinajstić information content (AvgIpc) is 2.51. The van der Waals surface area contributed by atoms with Crippen molar-refractivity contribution in [1.82, 2.24) is 0 Å². The maximum atomic E-state index is 11.5. The van der Waals surface area contributed by atoms with Gasteiger partial charge in [0.15, 0.2) is 0 Å². The Hall–Kier alpha value is -2.31. The number of nitro groups is 1. The quantitative estimate of drug-likeness (QED) is 0.396. The van der Waals surface area contributed by atoms with Gasteiger partial charge in [0.2, 0.25) is 5.75 Å². The van der Waals surface area contributed by atoms with Crippen LogP contribution in [0.5, 0.6) is 11.5 Å². The van der Waals surface area contributed by atoms with Gasteiger partial charge in [-0.2, -0.15) is 0 Å². The third-order valence-electron chi connectivity index (χ3n) is 2.82. The molecular formula is C15H21NO6. The van der Waals surface area contributed by atoms with Crippen LogP contribution in [0, 0.1) is 10.1 Å². The highest BCUT2D eigenvalue weighted by Crippen LogP contribution is 2.35. The summed E-state index contributed by atoms with van der Waals surface area (Å²) in [6.45, 7) is 4.66. The normalized spacial score (nSPS) is 10.1. The Balaban J connectivity index is 3.23. The smallest absolute Gasteiger partial charge is 0.311 e. The van der Waals surface area contributed by atoms with Crippen LogP contribution in [0.3, 0.4) is 0 Å². The first-order valence-corrected chi connectivity index (χ1v) is 7.17. The highest BCUT2D eigenvalue weighted by atomic mass is 16.6. The molecule has 0 amide bonds. The summed E-state index contributed by atoms with van der Waals surface area (Å²) in [7, 11) is 1.27. The van der Waals surface area contributed by atoms with Gasteiger partial charge in [0.25, 0.3) is 0 Å². The topological polar surface area (TPSA) is 87.9 Å². The highest BCUT2D eigenvalue weighted by molar-refractivity contribution is 5.74. The second-order valence-corrected chi connectivity index (χ2v) is 4.63. The van der Waals surface area contributed by atoms with Gasteiger partial charge in [0.05, 0.1) is 31.7 Å². The van der Waals surface area contributed by atoms with Crippen molar-refractivity contribution in [2.45, 2.75) is 33.1 Å². The number of carbonyl (C=O) groups is 1. The molecule has 1 aromatic carbocycles. The fourth-order valence-corrected chi connectivity index (χ4v) is 1.78. The van der Waals surface area contributed by atoms with E-state index in [0.29, 0.717) is 24.5 Å². The fraction of sp³-hybridized carbons (Fsp3) is 0.533. The molecule has 0 heterocycles. The molecule has 7 nitrogen and oxygen atoms in total. The zero-order chi connectivity index (χ0) is 16.5. The van der Waals surface area contributed by atoms with Gasteiger partial charge < -0.3 is 14.2 Å². The molecule has 7 heteroatoms. The van der Waals surface area contributed by atoms with Crippen LogP contribution >= 0.6 is 0 Å². The van der Waals surface area contributed by atoms with Crippen LogP contribution in [0.1, 0.15) is 32.3 Å². The molecule has 0 saturated heterocycles. The summed E-state index contributed by atoms with van der Waals surface area (Å²) in [6.07, 6.45) is 1.41. The van der Waals surface area contributed by atoms with Crippen molar-refractivity contribution >= 4 is 11.7 Å². The molecule has 0 unspecified atom stereocenters.